The third-order valence-corrected chi connectivity index (χ3v) is 5.38. The zero-order valence-electron chi connectivity index (χ0n) is 14.9. The van der Waals surface area contributed by atoms with Crippen molar-refractivity contribution in [2.75, 3.05) is 49.2 Å². The number of benzene rings is 2. The van der Waals surface area contributed by atoms with Crippen molar-refractivity contribution in [1.82, 2.24) is 4.90 Å². The summed E-state index contributed by atoms with van der Waals surface area (Å²) in [6, 6.07) is 15.9. The highest BCUT2D eigenvalue weighted by Crippen LogP contribution is 2.24. The predicted molar refractivity (Wildman–Crippen MR) is 107 cm³/mol. The Morgan fingerprint density at radius 2 is 1.72 bits per heavy atom. The molecule has 1 aliphatic heterocycles. The number of rotatable bonds is 5. The lowest BCUT2D eigenvalue weighted by molar-refractivity contribution is 0.102. The first-order valence-corrected chi connectivity index (χ1v) is 9.72. The van der Waals surface area contributed by atoms with Crippen LogP contribution in [0, 0.1) is 0 Å². The highest BCUT2D eigenvalue weighted by molar-refractivity contribution is 7.99. The summed E-state index contributed by atoms with van der Waals surface area (Å²) in [5.41, 5.74) is 2.78. The monoisotopic (exact) mass is 355 g/mol. The molecular formula is C20H25N3OS. The molecule has 0 unspecified atom stereocenters. The fourth-order valence-corrected chi connectivity index (χ4v) is 3.76. The van der Waals surface area contributed by atoms with Crippen molar-refractivity contribution in [3.63, 3.8) is 0 Å². The van der Waals surface area contributed by atoms with Gasteiger partial charge in [-0.05, 0) is 49.2 Å². The Bertz CT molecular complexity index is 709. The van der Waals surface area contributed by atoms with Crippen LogP contribution in [0.1, 0.15) is 17.3 Å². The number of hydrogen-bond acceptors (Lipinski definition) is 4. The van der Waals surface area contributed by atoms with Crippen LogP contribution in [0.15, 0.2) is 53.4 Å². The van der Waals surface area contributed by atoms with Gasteiger partial charge in [-0.2, -0.15) is 0 Å². The van der Waals surface area contributed by atoms with Crippen LogP contribution >= 0.6 is 11.8 Å². The van der Waals surface area contributed by atoms with E-state index in [1.54, 1.807) is 11.8 Å². The number of likely N-dealkylation sites (N-methyl/N-ethyl adjacent to an activating group) is 1. The van der Waals surface area contributed by atoms with Crippen LogP contribution in [0.4, 0.5) is 11.4 Å². The predicted octanol–water partition coefficient (Wildman–Crippen LogP) is 3.80. The highest BCUT2D eigenvalue weighted by atomic mass is 32.2. The second-order valence-corrected chi connectivity index (χ2v) is 7.53. The van der Waals surface area contributed by atoms with Crippen molar-refractivity contribution in [3.05, 3.63) is 54.1 Å². The Morgan fingerprint density at radius 3 is 2.40 bits per heavy atom. The maximum absolute atomic E-state index is 12.6. The van der Waals surface area contributed by atoms with Crippen LogP contribution < -0.4 is 10.2 Å². The van der Waals surface area contributed by atoms with Gasteiger partial charge in [0.05, 0.1) is 5.56 Å². The molecular weight excluding hydrogens is 330 g/mol. The van der Waals surface area contributed by atoms with E-state index in [9.17, 15) is 4.79 Å². The number of carbonyl (C=O) groups excluding carboxylic acids is 1. The summed E-state index contributed by atoms with van der Waals surface area (Å²) in [5.74, 6) is 0.896. The van der Waals surface area contributed by atoms with Crippen molar-refractivity contribution in [1.29, 1.82) is 0 Å². The zero-order chi connectivity index (χ0) is 17.6. The molecule has 2 aromatic carbocycles. The van der Waals surface area contributed by atoms with Crippen LogP contribution in [-0.4, -0.2) is 49.8 Å². The van der Waals surface area contributed by atoms with Crippen molar-refractivity contribution < 1.29 is 4.79 Å². The minimum atomic E-state index is -0.0519. The third-order valence-electron chi connectivity index (χ3n) is 4.43. The maximum Gasteiger partial charge on any atom is 0.256 e. The van der Waals surface area contributed by atoms with Gasteiger partial charge in [0.2, 0.25) is 0 Å². The van der Waals surface area contributed by atoms with Crippen LogP contribution in [0.3, 0.4) is 0 Å². The summed E-state index contributed by atoms with van der Waals surface area (Å²) in [4.78, 5) is 18.3. The van der Waals surface area contributed by atoms with Gasteiger partial charge in [-0.25, -0.2) is 0 Å². The van der Waals surface area contributed by atoms with E-state index in [-0.39, 0.29) is 5.91 Å². The largest absolute Gasteiger partial charge is 0.369 e. The lowest BCUT2D eigenvalue weighted by Gasteiger charge is -2.34. The quantitative estimate of drug-likeness (QED) is 0.828. The Hall–Kier alpha value is -1.98. The van der Waals surface area contributed by atoms with Gasteiger partial charge in [-0.1, -0.05) is 19.1 Å². The van der Waals surface area contributed by atoms with Crippen LogP contribution in [-0.2, 0) is 0 Å². The molecule has 1 fully saturated rings. The van der Waals surface area contributed by atoms with Gasteiger partial charge in [-0.15, -0.1) is 11.8 Å². The highest BCUT2D eigenvalue weighted by Gasteiger charge is 2.15. The molecule has 5 heteroatoms. The van der Waals surface area contributed by atoms with Gasteiger partial charge >= 0.3 is 0 Å². The summed E-state index contributed by atoms with van der Waals surface area (Å²) in [7, 11) is 2.16. The van der Waals surface area contributed by atoms with E-state index in [0.29, 0.717) is 0 Å². The molecule has 4 nitrogen and oxygen atoms in total. The van der Waals surface area contributed by atoms with Gasteiger partial charge in [0.15, 0.2) is 0 Å². The molecule has 0 atom stereocenters. The number of nitrogens with zero attached hydrogens (tertiary/aromatic N) is 2. The minimum absolute atomic E-state index is 0.0519. The number of nitrogens with one attached hydrogen (secondary N) is 1. The van der Waals surface area contributed by atoms with Crippen LogP contribution in [0.25, 0.3) is 0 Å². The van der Waals surface area contributed by atoms with Gasteiger partial charge in [-0.3, -0.25) is 4.79 Å². The van der Waals surface area contributed by atoms with E-state index in [1.807, 2.05) is 36.4 Å². The number of piperazine rings is 1. The van der Waals surface area contributed by atoms with E-state index in [1.165, 1.54) is 5.69 Å². The van der Waals surface area contributed by atoms with Crippen LogP contribution in [0.5, 0.6) is 0 Å². The summed E-state index contributed by atoms with van der Waals surface area (Å²) < 4.78 is 0. The van der Waals surface area contributed by atoms with E-state index in [4.69, 9.17) is 0 Å². The second-order valence-electron chi connectivity index (χ2n) is 6.22. The van der Waals surface area contributed by atoms with Gasteiger partial charge in [0.1, 0.15) is 0 Å². The molecule has 0 radical (unpaired) electrons. The summed E-state index contributed by atoms with van der Waals surface area (Å²) in [5, 5.41) is 3.02. The van der Waals surface area contributed by atoms with Crippen molar-refractivity contribution in [3.8, 4) is 0 Å². The molecule has 1 amide bonds. The van der Waals surface area contributed by atoms with Gasteiger partial charge < -0.3 is 15.1 Å². The summed E-state index contributed by atoms with van der Waals surface area (Å²) in [6.45, 7) is 6.36. The molecule has 2 aromatic rings. The first-order chi connectivity index (χ1) is 12.2. The summed E-state index contributed by atoms with van der Waals surface area (Å²) in [6.07, 6.45) is 0. The fourth-order valence-electron chi connectivity index (χ4n) is 2.95. The first-order valence-electron chi connectivity index (χ1n) is 8.74. The molecule has 0 aliphatic carbocycles. The van der Waals surface area contributed by atoms with E-state index < -0.39 is 0 Å². The summed E-state index contributed by atoms with van der Waals surface area (Å²) >= 11 is 1.69. The number of hydrogen-bond donors (Lipinski definition) is 1. The molecule has 25 heavy (non-hydrogen) atoms. The molecule has 0 bridgehead atoms. The van der Waals surface area contributed by atoms with E-state index >= 15 is 0 Å². The Balaban J connectivity index is 1.66. The third kappa shape index (κ3) is 4.55. The first kappa shape index (κ1) is 17.8. The molecule has 0 saturated carbocycles. The molecule has 0 aromatic heterocycles. The van der Waals surface area contributed by atoms with Crippen molar-refractivity contribution in [2.24, 2.45) is 0 Å². The Labute approximate surface area is 154 Å². The SMILES string of the molecule is CCSc1ccccc1C(=O)Nc1ccc(N2CCN(C)CC2)cc1. The topological polar surface area (TPSA) is 35.6 Å². The number of carbonyl (C=O) groups is 1. The van der Waals surface area contributed by atoms with Gasteiger partial charge in [0, 0.05) is 42.4 Å². The number of amides is 1. The molecule has 1 heterocycles. The van der Waals surface area contributed by atoms with Crippen molar-refractivity contribution in [2.45, 2.75) is 11.8 Å². The molecule has 3 rings (SSSR count). The Morgan fingerprint density at radius 1 is 1.04 bits per heavy atom. The van der Waals surface area contributed by atoms with Crippen molar-refractivity contribution >= 4 is 29.0 Å². The smallest absolute Gasteiger partial charge is 0.256 e. The zero-order valence-corrected chi connectivity index (χ0v) is 15.7. The second kappa shape index (κ2) is 8.41. The molecule has 0 spiro atoms. The molecule has 1 N–H and O–H groups in total. The average molecular weight is 356 g/mol. The number of thioether (sulfide) groups is 1. The van der Waals surface area contributed by atoms with E-state index in [2.05, 4.69) is 41.2 Å². The lowest BCUT2D eigenvalue weighted by Crippen LogP contribution is -2.44. The minimum Gasteiger partial charge on any atom is -0.369 e. The average Bonchev–Trinajstić information content (AvgIpc) is 2.64. The fraction of sp³-hybridized carbons (Fsp3) is 0.350. The number of anilines is 2. The van der Waals surface area contributed by atoms with Gasteiger partial charge in [0.25, 0.3) is 5.91 Å². The van der Waals surface area contributed by atoms with Crippen LogP contribution in [0.2, 0.25) is 0 Å². The Kier molecular flexibility index (Phi) is 6.00. The standard InChI is InChI=1S/C20H25N3OS/c1-3-25-19-7-5-4-6-18(19)20(24)21-16-8-10-17(11-9-16)23-14-12-22(2)13-15-23/h4-11H,3,12-15H2,1-2H3,(H,21,24). The molecule has 1 aliphatic rings. The van der Waals surface area contributed by atoms with E-state index in [0.717, 1.165) is 48.1 Å². The molecule has 132 valence electrons. The normalized spacial score (nSPS) is 15.2. The lowest BCUT2D eigenvalue weighted by atomic mass is 10.2. The molecule has 1 saturated heterocycles. The maximum atomic E-state index is 12.6.